The van der Waals surface area contributed by atoms with E-state index in [0.29, 0.717) is 17.8 Å². The maximum absolute atomic E-state index is 10.9. The second-order valence-electron chi connectivity index (χ2n) is 4.12. The lowest BCUT2D eigenvalue weighted by atomic mass is 9.98. The van der Waals surface area contributed by atoms with E-state index < -0.39 is 5.97 Å². The zero-order valence-corrected chi connectivity index (χ0v) is 10.4. The smallest absolute Gasteiger partial charge is 0.307 e. The lowest BCUT2D eigenvalue weighted by molar-refractivity contribution is -0.143. The van der Waals surface area contributed by atoms with Gasteiger partial charge in [0.2, 0.25) is 0 Å². The number of carboxylic acid groups (broad SMARTS) is 1. The van der Waals surface area contributed by atoms with Crippen LogP contribution in [0.15, 0.2) is 21.2 Å². The fourth-order valence-electron chi connectivity index (χ4n) is 2.06. The summed E-state index contributed by atoms with van der Waals surface area (Å²) in [5.41, 5.74) is 0. The second-order valence-corrected chi connectivity index (χ2v) is 4.90. The molecule has 88 valence electrons. The van der Waals surface area contributed by atoms with Crippen LogP contribution in [-0.2, 0) is 11.3 Å². The number of hydrogen-bond acceptors (Lipinski definition) is 3. The molecule has 1 aromatic rings. The van der Waals surface area contributed by atoms with Crippen molar-refractivity contribution in [2.45, 2.75) is 19.4 Å². The molecule has 1 aromatic heterocycles. The summed E-state index contributed by atoms with van der Waals surface area (Å²) in [5, 5.41) is 8.97. The molecule has 1 unspecified atom stereocenters. The Kier molecular flexibility index (Phi) is 3.66. The average Bonchev–Trinajstić information content (AvgIpc) is 2.64. The molecule has 1 aliphatic rings. The van der Waals surface area contributed by atoms with Crippen molar-refractivity contribution in [2.24, 2.45) is 5.92 Å². The number of halogens is 1. The summed E-state index contributed by atoms with van der Waals surface area (Å²) in [6.45, 7) is 2.26. The minimum absolute atomic E-state index is 0.229. The number of carbonyl (C=O) groups is 1. The van der Waals surface area contributed by atoms with Gasteiger partial charge in [-0.3, -0.25) is 9.69 Å². The monoisotopic (exact) mass is 287 g/mol. The van der Waals surface area contributed by atoms with Crippen molar-refractivity contribution in [3.8, 4) is 0 Å². The first-order chi connectivity index (χ1) is 7.65. The molecular weight excluding hydrogens is 274 g/mol. The van der Waals surface area contributed by atoms with Crippen LogP contribution in [-0.4, -0.2) is 29.1 Å². The van der Waals surface area contributed by atoms with Gasteiger partial charge in [0, 0.05) is 6.54 Å². The average molecular weight is 288 g/mol. The van der Waals surface area contributed by atoms with Gasteiger partial charge in [0.1, 0.15) is 5.76 Å². The molecular formula is C11H14BrNO3. The molecule has 1 atom stereocenters. The van der Waals surface area contributed by atoms with Crippen LogP contribution in [0, 0.1) is 5.92 Å². The van der Waals surface area contributed by atoms with Gasteiger partial charge in [0.15, 0.2) is 4.67 Å². The highest BCUT2D eigenvalue weighted by Crippen LogP contribution is 2.21. The van der Waals surface area contributed by atoms with Gasteiger partial charge in [0.25, 0.3) is 0 Å². The molecule has 1 aliphatic heterocycles. The van der Waals surface area contributed by atoms with Crippen LogP contribution in [0.5, 0.6) is 0 Å². The van der Waals surface area contributed by atoms with Crippen LogP contribution in [0.4, 0.5) is 0 Å². The van der Waals surface area contributed by atoms with Gasteiger partial charge < -0.3 is 9.52 Å². The van der Waals surface area contributed by atoms with E-state index in [1.807, 2.05) is 12.1 Å². The van der Waals surface area contributed by atoms with E-state index in [1.165, 1.54) is 0 Å². The number of piperidine rings is 1. The van der Waals surface area contributed by atoms with E-state index in [1.54, 1.807) is 0 Å². The minimum atomic E-state index is -0.690. The fourth-order valence-corrected chi connectivity index (χ4v) is 2.40. The third-order valence-electron chi connectivity index (χ3n) is 2.86. The largest absolute Gasteiger partial charge is 0.481 e. The van der Waals surface area contributed by atoms with Crippen molar-refractivity contribution < 1.29 is 14.3 Å². The molecule has 5 heteroatoms. The lowest BCUT2D eigenvalue weighted by Crippen LogP contribution is -2.38. The normalized spacial score (nSPS) is 22.2. The predicted molar refractivity (Wildman–Crippen MR) is 62.0 cm³/mol. The summed E-state index contributed by atoms with van der Waals surface area (Å²) in [5.74, 6) is -0.0459. The van der Waals surface area contributed by atoms with Crippen molar-refractivity contribution in [2.75, 3.05) is 13.1 Å². The van der Waals surface area contributed by atoms with Crippen molar-refractivity contribution in [3.05, 3.63) is 22.6 Å². The van der Waals surface area contributed by atoms with E-state index in [2.05, 4.69) is 20.8 Å². The van der Waals surface area contributed by atoms with Crippen LogP contribution < -0.4 is 0 Å². The van der Waals surface area contributed by atoms with Gasteiger partial charge in [-0.2, -0.15) is 0 Å². The molecule has 1 fully saturated rings. The number of likely N-dealkylation sites (tertiary alicyclic amines) is 1. The number of hydrogen-bond donors (Lipinski definition) is 1. The molecule has 2 heterocycles. The van der Waals surface area contributed by atoms with Crippen molar-refractivity contribution in [3.63, 3.8) is 0 Å². The zero-order valence-electron chi connectivity index (χ0n) is 8.86. The summed E-state index contributed by atoms with van der Waals surface area (Å²) < 4.78 is 6.13. The number of carboxylic acids is 1. The summed E-state index contributed by atoms with van der Waals surface area (Å²) in [4.78, 5) is 13.0. The first-order valence-corrected chi connectivity index (χ1v) is 6.14. The Labute approximate surface area is 102 Å². The van der Waals surface area contributed by atoms with Crippen LogP contribution in [0.2, 0.25) is 0 Å². The Morgan fingerprint density at radius 3 is 3.06 bits per heavy atom. The summed E-state index contributed by atoms with van der Waals surface area (Å²) in [7, 11) is 0. The quantitative estimate of drug-likeness (QED) is 0.927. The van der Waals surface area contributed by atoms with Gasteiger partial charge >= 0.3 is 5.97 Å². The molecule has 0 saturated carbocycles. The van der Waals surface area contributed by atoms with Crippen LogP contribution in [0.3, 0.4) is 0 Å². The molecule has 16 heavy (non-hydrogen) atoms. The molecule has 1 N–H and O–H groups in total. The molecule has 1 saturated heterocycles. The Morgan fingerprint density at radius 2 is 2.44 bits per heavy atom. The Morgan fingerprint density at radius 1 is 1.62 bits per heavy atom. The highest BCUT2D eigenvalue weighted by molar-refractivity contribution is 9.10. The van der Waals surface area contributed by atoms with Crippen LogP contribution in [0.25, 0.3) is 0 Å². The van der Waals surface area contributed by atoms with Gasteiger partial charge in [0.05, 0.1) is 12.5 Å². The van der Waals surface area contributed by atoms with Gasteiger partial charge in [-0.1, -0.05) is 0 Å². The van der Waals surface area contributed by atoms with E-state index >= 15 is 0 Å². The Hall–Kier alpha value is -0.810. The Balaban J connectivity index is 1.92. The highest BCUT2D eigenvalue weighted by Gasteiger charge is 2.25. The van der Waals surface area contributed by atoms with Crippen LogP contribution >= 0.6 is 15.9 Å². The highest BCUT2D eigenvalue weighted by atomic mass is 79.9. The lowest BCUT2D eigenvalue weighted by Gasteiger charge is -2.29. The third kappa shape index (κ3) is 2.86. The van der Waals surface area contributed by atoms with Gasteiger partial charge in [-0.05, 0) is 47.4 Å². The first kappa shape index (κ1) is 11.7. The number of nitrogens with zero attached hydrogens (tertiary/aromatic N) is 1. The molecule has 4 nitrogen and oxygen atoms in total. The first-order valence-electron chi connectivity index (χ1n) is 5.34. The molecule has 2 rings (SSSR count). The van der Waals surface area contributed by atoms with E-state index in [0.717, 1.165) is 25.1 Å². The standard InChI is InChI=1S/C11H14BrNO3/c12-10-4-3-9(16-10)7-13-5-1-2-8(6-13)11(14)15/h3-4,8H,1-2,5-7H2,(H,14,15). The minimum Gasteiger partial charge on any atom is -0.481 e. The fraction of sp³-hybridized carbons (Fsp3) is 0.545. The summed E-state index contributed by atoms with van der Waals surface area (Å²) >= 11 is 3.25. The number of rotatable bonds is 3. The maximum Gasteiger partial charge on any atom is 0.307 e. The summed E-state index contributed by atoms with van der Waals surface area (Å²) in [6, 6.07) is 3.77. The third-order valence-corrected chi connectivity index (χ3v) is 3.29. The van der Waals surface area contributed by atoms with Crippen molar-refractivity contribution >= 4 is 21.9 Å². The van der Waals surface area contributed by atoms with E-state index in [4.69, 9.17) is 9.52 Å². The Bertz CT molecular complexity index is 377. The molecule has 0 spiro atoms. The van der Waals surface area contributed by atoms with E-state index in [9.17, 15) is 4.79 Å². The molecule has 0 bridgehead atoms. The number of aliphatic carboxylic acids is 1. The van der Waals surface area contributed by atoms with Gasteiger partial charge in [-0.25, -0.2) is 0 Å². The van der Waals surface area contributed by atoms with Crippen molar-refractivity contribution in [1.29, 1.82) is 0 Å². The van der Waals surface area contributed by atoms with E-state index in [-0.39, 0.29) is 5.92 Å². The second kappa shape index (κ2) is 5.01. The predicted octanol–water partition coefficient (Wildman–Crippen LogP) is 2.34. The number of furan rings is 1. The molecule has 0 aromatic carbocycles. The van der Waals surface area contributed by atoms with Crippen LogP contribution in [0.1, 0.15) is 18.6 Å². The topological polar surface area (TPSA) is 53.7 Å². The van der Waals surface area contributed by atoms with Crippen molar-refractivity contribution in [1.82, 2.24) is 4.90 Å². The van der Waals surface area contributed by atoms with Gasteiger partial charge in [-0.15, -0.1) is 0 Å². The summed E-state index contributed by atoms with van der Waals surface area (Å²) in [6.07, 6.45) is 1.73. The SMILES string of the molecule is O=C(O)C1CCCN(Cc2ccc(Br)o2)C1. The zero-order chi connectivity index (χ0) is 11.5. The molecule has 0 amide bonds. The molecule has 0 radical (unpaired) electrons. The maximum atomic E-state index is 10.9. The molecule has 0 aliphatic carbocycles.